The molecule has 1 radical (unpaired) electrons. The first kappa shape index (κ1) is 29.7. The van der Waals surface area contributed by atoms with Crippen LogP contribution < -0.4 is 0 Å². The summed E-state index contributed by atoms with van der Waals surface area (Å²) < 4.78 is 11.3. The number of hydrogen-bond donors (Lipinski definition) is 4. The summed E-state index contributed by atoms with van der Waals surface area (Å²) in [6, 6.07) is 0. The SMILES string of the molecule is CCC(O)C(=O)OC1CC2(O)[C@@H](C)C3C4(O)COC4C[C@H](C)[C@@]3(C)C(=O)C(O)C(=C1C)C2(C)C.[Ac]. The van der Waals surface area contributed by atoms with Gasteiger partial charge in [-0.15, -0.1) is 0 Å². The fourth-order valence-corrected chi connectivity index (χ4v) is 7.79. The Balaban J connectivity index is 0.00000342. The summed E-state index contributed by atoms with van der Waals surface area (Å²) in [4.78, 5) is 26.6. The zero-order valence-corrected chi connectivity index (χ0v) is 26.6. The van der Waals surface area contributed by atoms with E-state index in [9.17, 15) is 30.0 Å². The summed E-state index contributed by atoms with van der Waals surface area (Å²) >= 11 is 0. The van der Waals surface area contributed by atoms with Gasteiger partial charge in [-0.25, -0.2) is 4.79 Å². The van der Waals surface area contributed by atoms with Gasteiger partial charge in [-0.05, 0) is 42.7 Å². The zero-order valence-electron chi connectivity index (χ0n) is 21.9. The maximum Gasteiger partial charge on any atom is 0.335 e. The van der Waals surface area contributed by atoms with E-state index in [2.05, 4.69) is 0 Å². The smallest absolute Gasteiger partial charge is 0.335 e. The van der Waals surface area contributed by atoms with E-state index in [-0.39, 0.29) is 75.2 Å². The second kappa shape index (κ2) is 9.39. The average molecular weight is 708 g/mol. The van der Waals surface area contributed by atoms with Gasteiger partial charge in [0.15, 0.2) is 11.9 Å². The number of ketones is 1. The molecule has 1 aliphatic heterocycles. The Kier molecular flexibility index (Phi) is 7.97. The molecule has 1 saturated heterocycles. The first-order valence-electron chi connectivity index (χ1n) is 12.5. The molecule has 195 valence electrons. The van der Waals surface area contributed by atoms with Crippen LogP contribution in [-0.4, -0.2) is 74.4 Å². The molecular formula is C26H40AcO8. The van der Waals surface area contributed by atoms with Gasteiger partial charge >= 0.3 is 5.97 Å². The summed E-state index contributed by atoms with van der Waals surface area (Å²) in [6.07, 6.45) is -3.48. The van der Waals surface area contributed by atoms with Crippen LogP contribution in [0, 0.1) is 72.6 Å². The molecule has 0 aromatic carbocycles. The van der Waals surface area contributed by atoms with Crippen molar-refractivity contribution in [3.8, 4) is 0 Å². The Morgan fingerprint density at radius 3 is 2.34 bits per heavy atom. The molecule has 3 aliphatic carbocycles. The van der Waals surface area contributed by atoms with E-state index in [4.69, 9.17) is 9.47 Å². The molecule has 4 rings (SSSR count). The van der Waals surface area contributed by atoms with Gasteiger partial charge in [-0.1, -0.05) is 41.5 Å². The topological polar surface area (TPSA) is 134 Å². The molecule has 4 aliphatic rings. The Bertz CT molecular complexity index is 932. The first-order valence-corrected chi connectivity index (χ1v) is 12.5. The number of aliphatic hydroxyl groups is 4. The number of Topliss-reactive ketones (excluding diaryl/α,β-unsaturated/α-hetero) is 1. The molecule has 0 spiro atoms. The van der Waals surface area contributed by atoms with Gasteiger partial charge in [0.2, 0.25) is 0 Å². The molecule has 0 amide bonds. The molecule has 10 atom stereocenters. The summed E-state index contributed by atoms with van der Waals surface area (Å²) in [5, 5.41) is 45.7. The molecule has 1 heterocycles. The number of aliphatic hydroxyl groups excluding tert-OH is 2. The van der Waals surface area contributed by atoms with E-state index in [1.807, 2.05) is 13.8 Å². The van der Waals surface area contributed by atoms with Crippen LogP contribution in [0.1, 0.15) is 67.7 Å². The molecule has 8 nitrogen and oxygen atoms in total. The second-order valence-electron chi connectivity index (χ2n) is 11.9. The second-order valence-corrected chi connectivity index (χ2v) is 11.9. The maximum absolute atomic E-state index is 14.1. The fraction of sp³-hybridized carbons (Fsp3) is 0.846. The Labute approximate surface area is 243 Å². The van der Waals surface area contributed by atoms with E-state index in [0.717, 1.165) is 0 Å². The van der Waals surface area contributed by atoms with Crippen LogP contribution in [-0.2, 0) is 19.1 Å². The Hall–Kier alpha value is 0.122. The van der Waals surface area contributed by atoms with Crippen LogP contribution in [0.25, 0.3) is 0 Å². The van der Waals surface area contributed by atoms with Crippen molar-refractivity contribution in [2.24, 2.45) is 28.6 Å². The molecule has 0 aromatic heterocycles. The van der Waals surface area contributed by atoms with Gasteiger partial charge < -0.3 is 29.9 Å². The van der Waals surface area contributed by atoms with E-state index in [1.54, 1.807) is 34.6 Å². The number of carbonyl (C=O) groups is 2. The molecule has 35 heavy (non-hydrogen) atoms. The predicted octanol–water partition coefficient (Wildman–Crippen LogP) is 1.52. The van der Waals surface area contributed by atoms with Crippen molar-refractivity contribution in [1.29, 1.82) is 0 Å². The van der Waals surface area contributed by atoms with Crippen LogP contribution in [0.15, 0.2) is 11.1 Å². The van der Waals surface area contributed by atoms with Gasteiger partial charge in [0.1, 0.15) is 17.8 Å². The zero-order chi connectivity index (χ0) is 25.6. The monoisotopic (exact) mass is 707 g/mol. The Morgan fingerprint density at radius 2 is 1.83 bits per heavy atom. The van der Waals surface area contributed by atoms with Crippen molar-refractivity contribution < 1.29 is 83.6 Å². The number of ether oxygens (including phenoxy) is 2. The quantitative estimate of drug-likeness (QED) is 0.257. The average Bonchev–Trinajstić information content (AvgIpc) is 2.76. The summed E-state index contributed by atoms with van der Waals surface area (Å²) in [7, 11) is 0. The third kappa shape index (κ3) is 3.81. The predicted molar refractivity (Wildman–Crippen MR) is 122 cm³/mol. The fourth-order valence-electron chi connectivity index (χ4n) is 7.79. The minimum Gasteiger partial charge on any atom is -0.456 e. The van der Waals surface area contributed by atoms with Crippen molar-refractivity contribution >= 4 is 11.8 Å². The maximum atomic E-state index is 14.1. The number of rotatable bonds is 3. The van der Waals surface area contributed by atoms with E-state index in [0.29, 0.717) is 17.6 Å². The summed E-state index contributed by atoms with van der Waals surface area (Å²) in [5.74, 6) is -2.65. The van der Waals surface area contributed by atoms with Crippen molar-refractivity contribution in [2.45, 2.75) is 103 Å². The molecule has 0 aromatic rings. The molecule has 9 heteroatoms. The van der Waals surface area contributed by atoms with Crippen LogP contribution in [0.5, 0.6) is 0 Å². The molecule has 2 saturated carbocycles. The number of fused-ring (bicyclic) bond motifs is 5. The Morgan fingerprint density at radius 1 is 1.23 bits per heavy atom. The summed E-state index contributed by atoms with van der Waals surface area (Å²) in [5.41, 5.74) is -4.09. The summed E-state index contributed by atoms with van der Waals surface area (Å²) in [6.45, 7) is 12.6. The van der Waals surface area contributed by atoms with Crippen LogP contribution in [0.3, 0.4) is 0 Å². The van der Waals surface area contributed by atoms with Crippen LogP contribution >= 0.6 is 0 Å². The molecular weight excluding hydrogens is 667 g/mol. The molecule has 3 fully saturated rings. The largest absolute Gasteiger partial charge is 0.456 e. The van der Waals surface area contributed by atoms with Crippen molar-refractivity contribution in [3.63, 3.8) is 0 Å². The van der Waals surface area contributed by atoms with Gasteiger partial charge in [0.25, 0.3) is 0 Å². The number of esters is 1. The minimum absolute atomic E-state index is 0. The normalized spacial score (nSPS) is 47.2. The van der Waals surface area contributed by atoms with Crippen molar-refractivity contribution in [2.75, 3.05) is 6.61 Å². The standard InChI is InChI=1S/C26H40O8.Ac/c1-8-15(27)22(30)34-16-10-26(32)14(4)20-24(7,12(2)9-17-25(20,31)11-33-17)21(29)19(28)18(13(16)3)23(26,5)6;/h12,14-17,19-20,27-28,31-32H,8-11H2,1-7H3;/t12-,14-,15?,16?,17?,19?,20?,24+,25?,26?;/m0./s1. The first-order chi connectivity index (χ1) is 15.6. The minimum atomic E-state index is -1.53. The van der Waals surface area contributed by atoms with Gasteiger partial charge in [0.05, 0.1) is 18.3 Å². The molecule has 7 unspecified atom stereocenters. The van der Waals surface area contributed by atoms with Crippen molar-refractivity contribution in [1.82, 2.24) is 0 Å². The third-order valence-corrected chi connectivity index (χ3v) is 10.2. The van der Waals surface area contributed by atoms with Gasteiger partial charge in [-0.3, -0.25) is 4.79 Å². The van der Waals surface area contributed by atoms with E-state index < -0.39 is 64.3 Å². The van der Waals surface area contributed by atoms with Gasteiger partial charge in [-0.2, -0.15) is 0 Å². The van der Waals surface area contributed by atoms with E-state index in [1.165, 1.54) is 0 Å². The van der Waals surface area contributed by atoms with Crippen LogP contribution in [0.2, 0.25) is 0 Å². The molecule has 4 N–H and O–H groups in total. The number of carbonyl (C=O) groups excluding carboxylic acids is 2. The van der Waals surface area contributed by atoms with Gasteiger partial charge in [0, 0.05) is 67.2 Å². The van der Waals surface area contributed by atoms with Crippen molar-refractivity contribution in [3.05, 3.63) is 11.1 Å². The molecule has 2 bridgehead atoms. The van der Waals surface area contributed by atoms with Crippen LogP contribution in [0.4, 0.5) is 0 Å². The third-order valence-electron chi connectivity index (χ3n) is 10.2. The number of hydrogen-bond acceptors (Lipinski definition) is 8. The van der Waals surface area contributed by atoms with E-state index >= 15 is 0 Å².